The molecule has 3 heterocycles. The maximum absolute atomic E-state index is 13.7. The Kier molecular flexibility index (Phi) is 16.2. The maximum atomic E-state index is 13.7. The van der Waals surface area contributed by atoms with Crippen LogP contribution in [0.5, 0.6) is 0 Å². The fraction of sp³-hybridized carbons (Fsp3) is 0.400. The number of aromatic amines is 3. The van der Waals surface area contributed by atoms with Crippen LogP contribution < -0.4 is 32.3 Å². The van der Waals surface area contributed by atoms with E-state index in [2.05, 4.69) is 51.9 Å². The van der Waals surface area contributed by atoms with Gasteiger partial charge in [0.1, 0.15) is 17.4 Å². The van der Waals surface area contributed by atoms with Gasteiger partial charge in [0, 0.05) is 36.1 Å². The lowest BCUT2D eigenvalue weighted by Gasteiger charge is -2.20. The van der Waals surface area contributed by atoms with Gasteiger partial charge in [-0.25, -0.2) is 14.8 Å². The molecule has 302 valence electrons. The molecule has 4 amide bonds. The molecule has 4 rings (SSSR count). The van der Waals surface area contributed by atoms with Crippen molar-refractivity contribution in [2.24, 2.45) is 5.92 Å². The summed E-state index contributed by atoms with van der Waals surface area (Å²) >= 11 is 0. The van der Waals surface area contributed by atoms with E-state index in [9.17, 15) is 38.7 Å². The third kappa shape index (κ3) is 11.9. The van der Waals surface area contributed by atoms with E-state index in [0.717, 1.165) is 22.8 Å². The molecule has 0 saturated carbocycles. The average molecular weight is 801 g/mol. The van der Waals surface area contributed by atoms with Crippen molar-refractivity contribution in [3.8, 4) is 0 Å². The number of ketones is 1. The van der Waals surface area contributed by atoms with Gasteiger partial charge in [-0.15, -0.1) is 12.4 Å². The molecule has 4 atom stereocenters. The smallest absolute Gasteiger partial charge is 0.326 e. The predicted molar refractivity (Wildman–Crippen MR) is 202 cm³/mol. The van der Waals surface area contributed by atoms with E-state index in [0.29, 0.717) is 18.9 Å². The first-order valence-electron chi connectivity index (χ1n) is 17.5. The van der Waals surface area contributed by atoms with Crippen LogP contribution in [0.3, 0.4) is 0 Å². The number of aromatic nitrogens is 5. The third-order valence-electron chi connectivity index (χ3n) is 8.50. The Balaban J connectivity index is 0.00000841. The van der Waals surface area contributed by atoms with Gasteiger partial charge in [0.2, 0.25) is 0 Å². The topological polar surface area (TPSA) is 321 Å². The van der Waals surface area contributed by atoms with Crippen LogP contribution >= 0.6 is 12.4 Å². The molecule has 4 aromatic rings. The number of imidazole rings is 2. The van der Waals surface area contributed by atoms with Gasteiger partial charge < -0.3 is 57.5 Å². The number of quaternary nitrogens is 1. The number of hydrogen-bond donors (Lipinski definition) is 11. The fourth-order valence-corrected chi connectivity index (χ4v) is 5.83. The van der Waals surface area contributed by atoms with Gasteiger partial charge in [-0.2, -0.15) is 0 Å². The molecule has 0 unspecified atom stereocenters. The zero-order chi connectivity index (χ0) is 40.2. The molecule has 0 aliphatic rings. The van der Waals surface area contributed by atoms with E-state index in [1.165, 1.54) is 6.33 Å². The number of benzene rings is 1. The summed E-state index contributed by atoms with van der Waals surface area (Å²) in [6.45, 7) is 5.93. The summed E-state index contributed by atoms with van der Waals surface area (Å²) < 4.78 is 0. The number of carbonyl (C=O) groups is 7. The Morgan fingerprint density at radius 2 is 1.38 bits per heavy atom. The zero-order valence-electron chi connectivity index (χ0n) is 30.9. The highest BCUT2D eigenvalue weighted by molar-refractivity contribution is 6.07. The minimum Gasteiger partial charge on any atom is -0.481 e. The van der Waals surface area contributed by atoms with Gasteiger partial charge in [-0.05, 0) is 30.9 Å². The molecule has 20 nitrogen and oxygen atoms in total. The zero-order valence-corrected chi connectivity index (χ0v) is 31.7. The van der Waals surface area contributed by atoms with Gasteiger partial charge in [0.15, 0.2) is 17.2 Å². The van der Waals surface area contributed by atoms with Crippen LogP contribution in [0.25, 0.3) is 10.9 Å². The minimum absolute atomic E-state index is 0. The number of nitrogens with one attached hydrogen (secondary N) is 8. The van der Waals surface area contributed by atoms with Crippen LogP contribution in [0, 0.1) is 5.92 Å². The molecule has 0 aliphatic heterocycles. The highest BCUT2D eigenvalue weighted by Crippen LogP contribution is 2.20. The number of aliphatic carboxylic acids is 2. The van der Waals surface area contributed by atoms with Crippen molar-refractivity contribution in [1.29, 1.82) is 0 Å². The van der Waals surface area contributed by atoms with Gasteiger partial charge in [-0.3, -0.25) is 28.8 Å². The number of carbonyl (C=O) groups excluding carboxylic acids is 5. The molecule has 0 spiro atoms. The predicted octanol–water partition coefficient (Wildman–Crippen LogP) is -0.602. The summed E-state index contributed by atoms with van der Waals surface area (Å²) in [6, 6.07) is 3.82. The average Bonchev–Trinajstić information content (AvgIpc) is 3.91. The Morgan fingerprint density at radius 1 is 0.786 bits per heavy atom. The van der Waals surface area contributed by atoms with E-state index in [1.54, 1.807) is 13.1 Å². The van der Waals surface area contributed by atoms with Crippen molar-refractivity contribution >= 4 is 64.7 Å². The first-order chi connectivity index (χ1) is 26.2. The number of fused-ring (bicyclic) bond motifs is 1. The van der Waals surface area contributed by atoms with Crippen molar-refractivity contribution in [3.05, 3.63) is 71.5 Å². The number of halogens is 1. The number of para-hydroxylation sites is 1. The molecule has 3 aromatic heterocycles. The fourth-order valence-electron chi connectivity index (χ4n) is 5.83. The summed E-state index contributed by atoms with van der Waals surface area (Å²) in [5.41, 5.74) is 4.52. The summed E-state index contributed by atoms with van der Waals surface area (Å²) in [5, 5.41) is 32.3. The van der Waals surface area contributed by atoms with E-state index in [4.69, 9.17) is 5.11 Å². The van der Waals surface area contributed by atoms with Crippen molar-refractivity contribution in [2.45, 2.75) is 64.2 Å². The third-order valence-corrected chi connectivity index (χ3v) is 8.50. The number of amides is 4. The standard InChI is InChI=1S/C35H45N11O9.ClH/c1-17(2)8-20(11-36)44-32(51)28-30(42-16-40-28)33(52)45-23(9-19-13-38-22-7-5-4-6-21(19)22)25(47)14-37-12-18(3)43-31(50)27-29(41-15-39-27)34(53)46-24(35(54)55)10-26(48)49;/h4-7,13,15-18,20,23-24,37-38H,8-12,14,36H2,1-3H3,(H,39,41)(H,40,42)(H,43,50)(H,44,51)(H,45,52)(H,46,53)(H,48,49)(H,54,55);1H/p+1/t18-,20-,23-,24-;/m0./s1. The van der Waals surface area contributed by atoms with Gasteiger partial charge >= 0.3 is 11.9 Å². The second-order valence-corrected chi connectivity index (χ2v) is 13.4. The van der Waals surface area contributed by atoms with Crippen molar-refractivity contribution in [2.75, 3.05) is 19.6 Å². The summed E-state index contributed by atoms with van der Waals surface area (Å²) in [4.78, 5) is 105. The SMILES string of the molecule is CC(C)C[C@@H](C[NH3+])NC(=O)c1nc[nH]c1C(=O)N[C@@H](Cc1c[nH]c2ccccc12)C(=O)CNC[C@H](C)NC(=O)c1nc[nH]c1C(=O)N[C@@H](CC(=O)O)C(=O)O.Cl. The number of carboxylic acids is 2. The molecule has 0 bridgehead atoms. The number of hydrogen-bond acceptors (Lipinski definition) is 10. The van der Waals surface area contributed by atoms with Crippen LogP contribution in [0.1, 0.15) is 81.1 Å². The molecule has 0 aliphatic carbocycles. The Bertz CT molecular complexity index is 2030. The van der Waals surface area contributed by atoms with E-state index >= 15 is 0 Å². The minimum atomic E-state index is -1.75. The van der Waals surface area contributed by atoms with E-state index in [1.807, 2.05) is 43.4 Å². The second kappa shape index (κ2) is 20.5. The van der Waals surface area contributed by atoms with Crippen LogP contribution in [-0.2, 0) is 20.8 Å². The quantitative estimate of drug-likeness (QED) is 0.0503. The van der Waals surface area contributed by atoms with Crippen molar-refractivity contribution in [1.82, 2.24) is 51.5 Å². The first-order valence-corrected chi connectivity index (χ1v) is 17.5. The van der Waals surface area contributed by atoms with Crippen LogP contribution in [0.15, 0.2) is 43.1 Å². The van der Waals surface area contributed by atoms with Crippen LogP contribution in [0.4, 0.5) is 0 Å². The summed E-state index contributed by atoms with van der Waals surface area (Å²) in [5.74, 6) is -6.25. The normalized spacial score (nSPS) is 13.2. The van der Waals surface area contributed by atoms with Crippen LogP contribution in [0.2, 0.25) is 0 Å². The lowest BCUT2D eigenvalue weighted by atomic mass is 10.0. The van der Waals surface area contributed by atoms with Crippen molar-refractivity contribution < 1.29 is 49.5 Å². The molecular formula is C35H47ClN11O9+. The molecule has 13 N–H and O–H groups in total. The highest BCUT2D eigenvalue weighted by atomic mass is 35.5. The monoisotopic (exact) mass is 800 g/mol. The van der Waals surface area contributed by atoms with E-state index < -0.39 is 65.9 Å². The maximum Gasteiger partial charge on any atom is 0.326 e. The molecule has 21 heteroatoms. The van der Waals surface area contributed by atoms with Gasteiger partial charge in [0.05, 0.1) is 44.2 Å². The molecule has 0 radical (unpaired) electrons. The number of rotatable bonds is 21. The summed E-state index contributed by atoms with van der Waals surface area (Å²) in [7, 11) is 0. The molecule has 56 heavy (non-hydrogen) atoms. The number of carboxylic acid groups (broad SMARTS) is 2. The number of H-pyrrole nitrogens is 3. The summed E-state index contributed by atoms with van der Waals surface area (Å²) in [6.07, 6.45) is 3.93. The van der Waals surface area contributed by atoms with Crippen LogP contribution in [-0.4, -0.2) is 120 Å². The second-order valence-electron chi connectivity index (χ2n) is 13.4. The van der Waals surface area contributed by atoms with Crippen molar-refractivity contribution in [3.63, 3.8) is 0 Å². The first kappa shape index (κ1) is 44.3. The lowest BCUT2D eigenvalue weighted by Crippen LogP contribution is -2.60. The Morgan fingerprint density at radius 3 is 1.95 bits per heavy atom. The molecular weight excluding hydrogens is 754 g/mol. The molecule has 0 saturated heterocycles. The lowest BCUT2D eigenvalue weighted by molar-refractivity contribution is -0.373. The number of nitrogens with zero attached hydrogens (tertiary/aromatic N) is 2. The molecule has 0 fully saturated rings. The Labute approximate surface area is 326 Å². The van der Waals surface area contributed by atoms with Gasteiger partial charge in [-0.1, -0.05) is 32.0 Å². The number of Topliss-reactive ketones (excluding diaryl/α,β-unsaturated/α-hetero) is 1. The van der Waals surface area contributed by atoms with Gasteiger partial charge in [0.25, 0.3) is 23.6 Å². The Hall–Kier alpha value is -6.12. The highest BCUT2D eigenvalue weighted by Gasteiger charge is 2.30. The van der Waals surface area contributed by atoms with E-state index in [-0.39, 0.29) is 60.7 Å². The largest absolute Gasteiger partial charge is 0.481 e. The molecule has 1 aromatic carbocycles.